The molecule has 5 heteroatoms. The van der Waals surface area contributed by atoms with Gasteiger partial charge < -0.3 is 14.3 Å². The van der Waals surface area contributed by atoms with Crippen molar-refractivity contribution in [3.8, 4) is 11.5 Å². The molecule has 1 heterocycles. The fraction of sp³-hybridized carbons (Fsp3) is 0.182. The highest BCUT2D eigenvalue weighted by atomic mass is 35.5. The molecule has 0 unspecified atom stereocenters. The molecular formula is C11H9ClO4. The summed E-state index contributed by atoms with van der Waals surface area (Å²) < 4.78 is 10.1. The van der Waals surface area contributed by atoms with Crippen LogP contribution in [0.3, 0.4) is 0 Å². The number of aryl methyl sites for hydroxylation is 1. The lowest BCUT2D eigenvalue weighted by Crippen LogP contribution is -2.02. The summed E-state index contributed by atoms with van der Waals surface area (Å²) in [7, 11) is 1.46. The zero-order valence-electron chi connectivity index (χ0n) is 8.70. The van der Waals surface area contributed by atoms with Crippen molar-refractivity contribution in [3.05, 3.63) is 33.1 Å². The van der Waals surface area contributed by atoms with E-state index in [4.69, 9.17) is 20.8 Å². The van der Waals surface area contributed by atoms with Crippen molar-refractivity contribution >= 4 is 22.6 Å². The van der Waals surface area contributed by atoms with E-state index in [1.165, 1.54) is 19.2 Å². The van der Waals surface area contributed by atoms with E-state index in [0.717, 1.165) is 0 Å². The second-order valence-electron chi connectivity index (χ2n) is 3.35. The van der Waals surface area contributed by atoms with E-state index in [1.807, 2.05) is 0 Å². The first-order chi connectivity index (χ1) is 7.54. The summed E-state index contributed by atoms with van der Waals surface area (Å²) in [5, 5.41) is 10.0. The number of hydrogen-bond acceptors (Lipinski definition) is 4. The minimum absolute atomic E-state index is 0.0245. The standard InChI is InChI=1S/C11H9ClO4/c1-5-9-7(15-2)3-6(13)4-8(9)16-11(14)10(5)12/h3-4,13H,1-2H3. The molecule has 0 aliphatic rings. The number of hydrogen-bond donors (Lipinski definition) is 1. The molecule has 0 saturated carbocycles. The molecule has 16 heavy (non-hydrogen) atoms. The Morgan fingerprint density at radius 2 is 2.12 bits per heavy atom. The van der Waals surface area contributed by atoms with Crippen LogP contribution in [0.25, 0.3) is 11.0 Å². The smallest absolute Gasteiger partial charge is 0.355 e. The first-order valence-corrected chi connectivity index (χ1v) is 4.92. The monoisotopic (exact) mass is 240 g/mol. The highest BCUT2D eigenvalue weighted by molar-refractivity contribution is 6.32. The van der Waals surface area contributed by atoms with Gasteiger partial charge in [-0.05, 0) is 12.5 Å². The predicted octanol–water partition coefficient (Wildman–Crippen LogP) is 2.47. The van der Waals surface area contributed by atoms with Crippen molar-refractivity contribution in [1.82, 2.24) is 0 Å². The molecule has 1 N–H and O–H groups in total. The molecule has 1 aromatic carbocycles. The number of aromatic hydroxyl groups is 1. The number of benzene rings is 1. The minimum Gasteiger partial charge on any atom is -0.508 e. The van der Waals surface area contributed by atoms with Crippen molar-refractivity contribution in [2.75, 3.05) is 7.11 Å². The van der Waals surface area contributed by atoms with E-state index < -0.39 is 5.63 Å². The van der Waals surface area contributed by atoms with Gasteiger partial charge in [0.25, 0.3) is 0 Å². The summed E-state index contributed by atoms with van der Waals surface area (Å²) in [5.41, 5.74) is 0.202. The molecular weight excluding hydrogens is 232 g/mol. The molecule has 0 atom stereocenters. The van der Waals surface area contributed by atoms with Gasteiger partial charge in [0.1, 0.15) is 22.1 Å². The van der Waals surface area contributed by atoms with E-state index in [2.05, 4.69) is 0 Å². The maximum Gasteiger partial charge on any atom is 0.355 e. The molecule has 1 aromatic heterocycles. The van der Waals surface area contributed by atoms with Crippen molar-refractivity contribution in [3.63, 3.8) is 0 Å². The van der Waals surface area contributed by atoms with Crippen LogP contribution < -0.4 is 10.4 Å². The van der Waals surface area contributed by atoms with E-state index in [-0.39, 0.29) is 16.4 Å². The van der Waals surface area contributed by atoms with Crippen molar-refractivity contribution in [1.29, 1.82) is 0 Å². The topological polar surface area (TPSA) is 59.7 Å². The van der Waals surface area contributed by atoms with Crippen LogP contribution in [-0.4, -0.2) is 12.2 Å². The van der Waals surface area contributed by atoms with Gasteiger partial charge in [-0.25, -0.2) is 4.79 Å². The van der Waals surface area contributed by atoms with Crippen LogP contribution in [-0.2, 0) is 0 Å². The molecule has 0 bridgehead atoms. The van der Waals surface area contributed by atoms with Crippen LogP contribution in [0.2, 0.25) is 5.02 Å². The van der Waals surface area contributed by atoms with Crippen molar-refractivity contribution in [2.24, 2.45) is 0 Å². The van der Waals surface area contributed by atoms with Gasteiger partial charge in [-0.3, -0.25) is 0 Å². The molecule has 0 amide bonds. The molecule has 0 fully saturated rings. The number of fused-ring (bicyclic) bond motifs is 1. The highest BCUT2D eigenvalue weighted by Crippen LogP contribution is 2.34. The molecule has 0 spiro atoms. The quantitative estimate of drug-likeness (QED) is 0.778. The number of halogens is 1. The van der Waals surface area contributed by atoms with Crippen LogP contribution >= 0.6 is 11.6 Å². The Morgan fingerprint density at radius 1 is 1.44 bits per heavy atom. The summed E-state index contributed by atoms with van der Waals surface area (Å²) in [6.07, 6.45) is 0. The zero-order valence-corrected chi connectivity index (χ0v) is 9.46. The number of ether oxygens (including phenoxy) is 1. The van der Waals surface area contributed by atoms with Gasteiger partial charge in [0.15, 0.2) is 0 Å². The van der Waals surface area contributed by atoms with Crippen LogP contribution in [0.5, 0.6) is 11.5 Å². The molecule has 2 aromatic rings. The Bertz CT molecular complexity index is 615. The van der Waals surface area contributed by atoms with Gasteiger partial charge in [-0.1, -0.05) is 11.6 Å². The van der Waals surface area contributed by atoms with Gasteiger partial charge in [0.2, 0.25) is 0 Å². The van der Waals surface area contributed by atoms with Crippen molar-refractivity contribution < 1.29 is 14.3 Å². The summed E-state index contributed by atoms with van der Waals surface area (Å²) in [5.74, 6) is 0.382. The van der Waals surface area contributed by atoms with E-state index >= 15 is 0 Å². The minimum atomic E-state index is -0.626. The molecule has 0 radical (unpaired) electrons. The summed E-state index contributed by atoms with van der Waals surface area (Å²) in [4.78, 5) is 11.3. The second-order valence-corrected chi connectivity index (χ2v) is 3.73. The fourth-order valence-corrected chi connectivity index (χ4v) is 1.73. The van der Waals surface area contributed by atoms with Crippen molar-refractivity contribution in [2.45, 2.75) is 6.92 Å². The number of rotatable bonds is 1. The molecule has 84 valence electrons. The van der Waals surface area contributed by atoms with Crippen LogP contribution in [0.15, 0.2) is 21.3 Å². The number of methoxy groups -OCH3 is 1. The first kappa shape index (κ1) is 10.8. The normalized spacial score (nSPS) is 10.7. The van der Waals surface area contributed by atoms with E-state index in [0.29, 0.717) is 16.7 Å². The second kappa shape index (κ2) is 3.72. The summed E-state index contributed by atoms with van der Waals surface area (Å²) >= 11 is 5.80. The SMILES string of the molecule is COc1cc(O)cc2oc(=O)c(Cl)c(C)c12. The molecule has 0 saturated heterocycles. The van der Waals surface area contributed by atoms with E-state index in [1.54, 1.807) is 6.92 Å². The first-order valence-electron chi connectivity index (χ1n) is 4.54. The summed E-state index contributed by atoms with van der Waals surface area (Å²) in [6.45, 7) is 1.70. The molecule has 0 aliphatic heterocycles. The largest absolute Gasteiger partial charge is 0.508 e. The lowest BCUT2D eigenvalue weighted by molar-refractivity contribution is 0.410. The molecule has 2 rings (SSSR count). The average Bonchev–Trinajstić information content (AvgIpc) is 2.24. The number of phenols is 1. The third-order valence-electron chi connectivity index (χ3n) is 2.36. The summed E-state index contributed by atoms with van der Waals surface area (Å²) in [6, 6.07) is 2.79. The Labute approximate surface area is 96.0 Å². The van der Waals surface area contributed by atoms with Gasteiger partial charge >= 0.3 is 5.63 Å². The maximum atomic E-state index is 11.3. The fourth-order valence-electron chi connectivity index (χ4n) is 1.59. The van der Waals surface area contributed by atoms with Crippen LogP contribution in [0.1, 0.15) is 5.56 Å². The molecule has 0 aliphatic carbocycles. The van der Waals surface area contributed by atoms with Gasteiger partial charge in [0, 0.05) is 12.1 Å². The Hall–Kier alpha value is -1.68. The third kappa shape index (κ3) is 1.51. The Morgan fingerprint density at radius 3 is 2.75 bits per heavy atom. The molecule has 4 nitrogen and oxygen atoms in total. The highest BCUT2D eigenvalue weighted by Gasteiger charge is 2.14. The van der Waals surface area contributed by atoms with Crippen LogP contribution in [0, 0.1) is 6.92 Å². The predicted molar refractivity (Wildman–Crippen MR) is 60.4 cm³/mol. The Kier molecular flexibility index (Phi) is 2.52. The number of phenolic OH excluding ortho intramolecular Hbond substituents is 1. The third-order valence-corrected chi connectivity index (χ3v) is 2.79. The maximum absolute atomic E-state index is 11.3. The van der Waals surface area contributed by atoms with Gasteiger partial charge in [0.05, 0.1) is 12.5 Å². The lowest BCUT2D eigenvalue weighted by Gasteiger charge is -2.08. The van der Waals surface area contributed by atoms with Gasteiger partial charge in [-0.15, -0.1) is 0 Å². The van der Waals surface area contributed by atoms with Gasteiger partial charge in [-0.2, -0.15) is 0 Å². The lowest BCUT2D eigenvalue weighted by atomic mass is 10.1. The Balaban J connectivity index is 3.01. The zero-order chi connectivity index (χ0) is 11.9. The van der Waals surface area contributed by atoms with E-state index in [9.17, 15) is 9.90 Å². The van der Waals surface area contributed by atoms with Crippen LogP contribution in [0.4, 0.5) is 0 Å². The average molecular weight is 241 g/mol.